The molecule has 0 fully saturated rings. The predicted octanol–water partition coefficient (Wildman–Crippen LogP) is 2.78. The molecule has 1 N–H and O–H groups in total. The van der Waals surface area contributed by atoms with Crippen molar-refractivity contribution in [1.29, 1.82) is 0 Å². The fourth-order valence-corrected chi connectivity index (χ4v) is 2.55. The van der Waals surface area contributed by atoms with Crippen LogP contribution >= 0.6 is 11.3 Å². The van der Waals surface area contributed by atoms with Crippen molar-refractivity contribution < 1.29 is 14.6 Å². The molecule has 1 aromatic heterocycles. The van der Waals surface area contributed by atoms with Crippen LogP contribution in [0.15, 0.2) is 35.7 Å². The molecular weight excluding hydrogens is 274 g/mol. The fourth-order valence-electron chi connectivity index (χ4n) is 1.85. The summed E-state index contributed by atoms with van der Waals surface area (Å²) in [5.41, 5.74) is 0.262. The number of nitrogens with zero attached hydrogens (tertiary/aromatic N) is 1. The Morgan fingerprint density at radius 2 is 2.20 bits per heavy atom. The highest BCUT2D eigenvalue weighted by Crippen LogP contribution is 2.24. The van der Waals surface area contributed by atoms with Gasteiger partial charge in [0.25, 0.3) is 5.91 Å². The summed E-state index contributed by atoms with van der Waals surface area (Å²) in [6.07, 6.45) is 0.810. The lowest BCUT2D eigenvalue weighted by molar-refractivity contribution is 0.0793. The molecule has 0 saturated heterocycles. The van der Waals surface area contributed by atoms with E-state index in [0.717, 1.165) is 6.42 Å². The molecule has 0 aliphatic heterocycles. The number of phenolic OH excluding ortho intramolecular Hbond substituents is 1. The highest BCUT2D eigenvalue weighted by atomic mass is 32.1. The summed E-state index contributed by atoms with van der Waals surface area (Å²) >= 11 is 1.67. The van der Waals surface area contributed by atoms with Crippen molar-refractivity contribution in [3.63, 3.8) is 0 Å². The van der Waals surface area contributed by atoms with Crippen LogP contribution in [-0.4, -0.2) is 36.6 Å². The molecule has 0 aliphatic rings. The summed E-state index contributed by atoms with van der Waals surface area (Å²) in [6, 6.07) is 8.69. The molecular formula is C15H17NO3S. The van der Waals surface area contributed by atoms with E-state index in [1.807, 2.05) is 17.5 Å². The molecule has 0 radical (unpaired) electrons. The van der Waals surface area contributed by atoms with Crippen LogP contribution in [0, 0.1) is 0 Å². The molecule has 5 heteroatoms. The van der Waals surface area contributed by atoms with E-state index in [0.29, 0.717) is 12.3 Å². The van der Waals surface area contributed by atoms with E-state index in [2.05, 4.69) is 0 Å². The van der Waals surface area contributed by atoms with Gasteiger partial charge in [-0.2, -0.15) is 0 Å². The van der Waals surface area contributed by atoms with Crippen molar-refractivity contribution in [2.24, 2.45) is 0 Å². The van der Waals surface area contributed by atoms with Gasteiger partial charge in [-0.1, -0.05) is 6.07 Å². The van der Waals surface area contributed by atoms with Crippen molar-refractivity contribution in [2.75, 3.05) is 20.7 Å². The SMILES string of the molecule is COc1ccc(O)c(C(=O)N(C)CCc2cccs2)c1. The number of thiophene rings is 1. The molecule has 2 aromatic rings. The Bertz CT molecular complexity index is 581. The molecule has 0 spiro atoms. The second-order valence-electron chi connectivity index (χ2n) is 4.44. The van der Waals surface area contributed by atoms with Gasteiger partial charge in [-0.15, -0.1) is 11.3 Å². The average Bonchev–Trinajstić information content (AvgIpc) is 2.98. The summed E-state index contributed by atoms with van der Waals surface area (Å²) in [5.74, 6) is 0.314. The van der Waals surface area contributed by atoms with E-state index < -0.39 is 0 Å². The predicted molar refractivity (Wildman–Crippen MR) is 79.6 cm³/mol. The molecule has 2 rings (SSSR count). The Hall–Kier alpha value is -2.01. The number of rotatable bonds is 5. The van der Waals surface area contributed by atoms with Crippen LogP contribution in [0.25, 0.3) is 0 Å². The molecule has 0 bridgehead atoms. The highest BCUT2D eigenvalue weighted by Gasteiger charge is 2.16. The Morgan fingerprint density at radius 3 is 2.85 bits per heavy atom. The summed E-state index contributed by atoms with van der Waals surface area (Å²) in [6.45, 7) is 0.607. The van der Waals surface area contributed by atoms with Crippen molar-refractivity contribution >= 4 is 17.2 Å². The lowest BCUT2D eigenvalue weighted by Gasteiger charge is -2.17. The minimum absolute atomic E-state index is 0.0289. The zero-order valence-corrected chi connectivity index (χ0v) is 12.3. The average molecular weight is 291 g/mol. The van der Waals surface area contributed by atoms with E-state index in [-0.39, 0.29) is 17.2 Å². The number of carbonyl (C=O) groups excluding carboxylic acids is 1. The fraction of sp³-hybridized carbons (Fsp3) is 0.267. The summed E-state index contributed by atoms with van der Waals surface area (Å²) in [5, 5.41) is 11.8. The summed E-state index contributed by atoms with van der Waals surface area (Å²) in [4.78, 5) is 15.1. The van der Waals surface area contributed by atoms with Crippen LogP contribution in [0.3, 0.4) is 0 Å². The maximum atomic E-state index is 12.3. The van der Waals surface area contributed by atoms with Crippen molar-refractivity contribution in [2.45, 2.75) is 6.42 Å². The van der Waals surface area contributed by atoms with Gasteiger partial charge in [0.15, 0.2) is 0 Å². The number of likely N-dealkylation sites (N-methyl/N-ethyl adjacent to an activating group) is 1. The van der Waals surface area contributed by atoms with Gasteiger partial charge in [0, 0.05) is 18.5 Å². The molecule has 106 valence electrons. The van der Waals surface area contributed by atoms with Crippen molar-refractivity contribution in [3.8, 4) is 11.5 Å². The Labute approximate surface area is 122 Å². The molecule has 0 aliphatic carbocycles. The first-order chi connectivity index (χ1) is 9.61. The summed E-state index contributed by atoms with van der Waals surface area (Å²) in [7, 11) is 3.26. The van der Waals surface area contributed by atoms with E-state index in [9.17, 15) is 9.90 Å². The number of aromatic hydroxyl groups is 1. The standard InChI is InChI=1S/C15H17NO3S/c1-16(8-7-12-4-3-9-20-12)15(18)13-10-11(19-2)5-6-14(13)17/h3-6,9-10,17H,7-8H2,1-2H3. The number of hydrogen-bond acceptors (Lipinski definition) is 4. The Balaban J connectivity index is 2.06. The normalized spacial score (nSPS) is 10.3. The first-order valence-corrected chi connectivity index (χ1v) is 7.14. The molecule has 20 heavy (non-hydrogen) atoms. The lowest BCUT2D eigenvalue weighted by atomic mass is 10.1. The maximum absolute atomic E-state index is 12.3. The van der Waals surface area contributed by atoms with Gasteiger partial charge >= 0.3 is 0 Å². The Morgan fingerprint density at radius 1 is 1.40 bits per heavy atom. The van der Waals surface area contributed by atoms with Gasteiger partial charge < -0.3 is 14.7 Å². The highest BCUT2D eigenvalue weighted by molar-refractivity contribution is 7.09. The van der Waals surface area contributed by atoms with Gasteiger partial charge in [0.2, 0.25) is 0 Å². The molecule has 1 heterocycles. The maximum Gasteiger partial charge on any atom is 0.257 e. The van der Waals surface area contributed by atoms with Crippen LogP contribution in [0.5, 0.6) is 11.5 Å². The monoisotopic (exact) mass is 291 g/mol. The van der Waals surface area contributed by atoms with Crippen molar-refractivity contribution in [3.05, 3.63) is 46.2 Å². The number of methoxy groups -OCH3 is 1. The minimum Gasteiger partial charge on any atom is -0.507 e. The summed E-state index contributed by atoms with van der Waals surface area (Å²) < 4.78 is 5.08. The van der Waals surface area contributed by atoms with E-state index >= 15 is 0 Å². The smallest absolute Gasteiger partial charge is 0.257 e. The zero-order valence-electron chi connectivity index (χ0n) is 11.5. The number of carbonyl (C=O) groups is 1. The van der Waals surface area contributed by atoms with Crippen LogP contribution in [0.2, 0.25) is 0 Å². The van der Waals surface area contributed by atoms with Gasteiger partial charge in [0.1, 0.15) is 11.5 Å². The third-order valence-electron chi connectivity index (χ3n) is 3.05. The largest absolute Gasteiger partial charge is 0.507 e. The number of ether oxygens (including phenoxy) is 1. The van der Waals surface area contributed by atoms with Crippen LogP contribution < -0.4 is 4.74 Å². The molecule has 0 saturated carbocycles. The van der Waals surface area contributed by atoms with Crippen LogP contribution in [-0.2, 0) is 6.42 Å². The number of hydrogen-bond donors (Lipinski definition) is 1. The quantitative estimate of drug-likeness (QED) is 0.921. The number of phenols is 1. The number of amides is 1. The third kappa shape index (κ3) is 3.30. The number of benzene rings is 1. The Kier molecular flexibility index (Phi) is 4.63. The van der Waals surface area contributed by atoms with Crippen molar-refractivity contribution in [1.82, 2.24) is 4.90 Å². The van der Waals surface area contributed by atoms with E-state index in [4.69, 9.17) is 4.74 Å². The molecule has 1 amide bonds. The lowest BCUT2D eigenvalue weighted by Crippen LogP contribution is -2.28. The third-order valence-corrected chi connectivity index (χ3v) is 3.99. The van der Waals surface area contributed by atoms with Gasteiger partial charge in [-0.05, 0) is 36.1 Å². The zero-order chi connectivity index (χ0) is 14.5. The van der Waals surface area contributed by atoms with Gasteiger partial charge in [-0.25, -0.2) is 0 Å². The molecule has 4 nitrogen and oxygen atoms in total. The van der Waals surface area contributed by atoms with Gasteiger partial charge in [0.05, 0.1) is 12.7 Å². The second kappa shape index (κ2) is 6.43. The second-order valence-corrected chi connectivity index (χ2v) is 5.47. The molecule has 0 unspecified atom stereocenters. The van der Waals surface area contributed by atoms with Gasteiger partial charge in [-0.3, -0.25) is 4.79 Å². The topological polar surface area (TPSA) is 49.8 Å². The minimum atomic E-state index is -0.210. The van der Waals surface area contributed by atoms with E-state index in [1.165, 1.54) is 18.1 Å². The van der Waals surface area contributed by atoms with E-state index in [1.54, 1.807) is 35.4 Å². The van der Waals surface area contributed by atoms with Crippen LogP contribution in [0.1, 0.15) is 15.2 Å². The molecule has 0 atom stereocenters. The molecule has 1 aromatic carbocycles. The van der Waals surface area contributed by atoms with Crippen LogP contribution in [0.4, 0.5) is 0 Å². The first kappa shape index (κ1) is 14.4. The first-order valence-electron chi connectivity index (χ1n) is 6.26.